The molecule has 0 spiro atoms. The smallest absolute Gasteiger partial charge is 0.257 e. The summed E-state index contributed by atoms with van der Waals surface area (Å²) in [4.78, 5) is 180. The van der Waals surface area contributed by atoms with Crippen LogP contribution in [0.25, 0.3) is 21.8 Å². The highest BCUT2D eigenvalue weighted by Gasteiger charge is 2.50. The number of aliphatic hydroxyl groups excluding tert-OH is 1. The maximum Gasteiger partial charge on any atom is 0.257 e. The number of nitrogens with zero attached hydrogens (tertiary/aromatic N) is 2. The fraction of sp³-hybridized carbons (Fsp3) is 0.459. The molecule has 12 atom stereocenters. The number of carbonyl (C=O) groups is 12. The first-order valence-electron chi connectivity index (χ1n) is 35.5. The normalized spacial score (nSPS) is 25.2. The topological polar surface area (TPSA) is 442 Å². The zero-order chi connectivity index (χ0) is 77.4. The van der Waals surface area contributed by atoms with Crippen LogP contribution in [0.15, 0.2) is 97.3 Å². The quantitative estimate of drug-likeness (QED) is 0.0528. The molecule has 0 radical (unpaired) electrons. The number of fused-ring (bicyclic) bond motifs is 33. The molecule has 6 aromatic rings. The minimum absolute atomic E-state index is 0.00362. The lowest BCUT2D eigenvalue weighted by atomic mass is 9.94. The zero-order valence-corrected chi connectivity index (χ0v) is 60.0. The van der Waals surface area contributed by atoms with Crippen LogP contribution in [0.2, 0.25) is 0 Å². The highest BCUT2D eigenvalue weighted by Crippen LogP contribution is 2.32. The molecule has 107 heavy (non-hydrogen) atoms. The van der Waals surface area contributed by atoms with Gasteiger partial charge in [0.2, 0.25) is 65.0 Å². The van der Waals surface area contributed by atoms with Gasteiger partial charge in [0, 0.05) is 86.3 Å². The highest BCUT2D eigenvalue weighted by molar-refractivity contribution is 6.01. The van der Waals surface area contributed by atoms with Gasteiger partial charge in [-0.05, 0) is 155 Å². The summed E-state index contributed by atoms with van der Waals surface area (Å²) in [5, 5.41) is 35.6. The summed E-state index contributed by atoms with van der Waals surface area (Å²) >= 11 is 0. The van der Waals surface area contributed by atoms with Crippen molar-refractivity contribution in [2.45, 2.75) is 177 Å². The molecule has 16 N–H and O–H groups in total. The van der Waals surface area contributed by atoms with Crippen molar-refractivity contribution < 1.29 is 85.3 Å². The third-order valence-corrected chi connectivity index (χ3v) is 19.5. The van der Waals surface area contributed by atoms with Gasteiger partial charge in [-0.15, -0.1) is 0 Å². The van der Waals surface area contributed by atoms with Crippen molar-refractivity contribution in [3.63, 3.8) is 0 Å². The fourth-order valence-electron chi connectivity index (χ4n) is 13.5. The molecular formula is C74H92F3N15O15. The Hall–Kier alpha value is -11.1. The number of aliphatic hydroxyl groups is 1. The van der Waals surface area contributed by atoms with Crippen molar-refractivity contribution in [2.75, 3.05) is 39.9 Å². The van der Waals surface area contributed by atoms with Gasteiger partial charge >= 0.3 is 0 Å². The molecule has 574 valence electrons. The third kappa shape index (κ3) is 20.7. The highest BCUT2D eigenvalue weighted by atomic mass is 19.1. The van der Waals surface area contributed by atoms with Crippen LogP contribution in [-0.2, 0) is 83.2 Å². The number of aromatic amines is 2. The summed E-state index contributed by atoms with van der Waals surface area (Å²) < 4.78 is 57.3. The van der Waals surface area contributed by atoms with Crippen molar-refractivity contribution >= 4 is 92.7 Å². The van der Waals surface area contributed by atoms with E-state index in [1.807, 2.05) is 0 Å². The Morgan fingerprint density at radius 3 is 1.94 bits per heavy atom. The van der Waals surface area contributed by atoms with Gasteiger partial charge in [-0.3, -0.25) is 57.5 Å². The number of hydrogen-bond acceptors (Lipinski definition) is 16. The summed E-state index contributed by atoms with van der Waals surface area (Å²) in [5.74, 6) is -11.4. The summed E-state index contributed by atoms with van der Waals surface area (Å²) in [6.07, 6.45) is -1.55. The first-order valence-corrected chi connectivity index (χ1v) is 35.5. The van der Waals surface area contributed by atoms with Gasteiger partial charge in [0.1, 0.15) is 89.2 Å². The number of carbonyl (C=O) groups excluding carboxylic acids is 12. The Labute approximate surface area is 614 Å². The lowest BCUT2D eigenvalue weighted by Gasteiger charge is -2.37. The number of primary amides is 1. The SMILES string of the molecule is COc1ccc(C[C@@H]2NC(=O)[C@H]([C@@H](C)O)NC(=O)[C@@H]3C[C@H](F)CN3C(=O)[C@H](Cc3c[nH]c4ccc(F)cc34)NC(=O)[C@H](Cc3c[nH]c4ccc(F)cc34)NC(=O)[C@@H](C)NC(=O)[C@H](CCCCN)NC(=O)[C@@H](NC(C)=O)CCCNC(=O)COc3ccc(cc3)C[C@@H](C(N)=O)NC(=O)[C@]3(C)CCCN3C2=O)cc1. The minimum atomic E-state index is -1.93. The van der Waals surface area contributed by atoms with E-state index in [0.717, 1.165) is 11.8 Å². The summed E-state index contributed by atoms with van der Waals surface area (Å²) in [7, 11) is 1.44. The molecule has 10 rings (SSSR count). The second kappa shape index (κ2) is 36.3. The van der Waals surface area contributed by atoms with Crippen LogP contribution < -0.4 is 68.8 Å². The van der Waals surface area contributed by atoms with E-state index in [-0.39, 0.29) is 92.2 Å². The van der Waals surface area contributed by atoms with Crippen LogP contribution in [0.4, 0.5) is 13.2 Å². The molecule has 30 nitrogen and oxygen atoms in total. The van der Waals surface area contributed by atoms with Crippen LogP contribution in [0.1, 0.15) is 101 Å². The summed E-state index contributed by atoms with van der Waals surface area (Å²) in [6, 6.07) is 6.12. The Morgan fingerprint density at radius 2 is 1.33 bits per heavy atom. The number of benzene rings is 4. The number of unbranched alkanes of at least 4 members (excludes halogenated alkanes) is 1. The standard InChI is InChI=1S/C74H92F3N15O15/c1-39-65(97)86-58(30-44-35-81-53-22-16-46(75)32-51(44)53)68(100)87-60(31-45-36-82-54-23-17-47(76)33-52(45)54)71(103)91-37-48(77)34-61(91)69(101)90-63(40(2)93)70(102)88-59(29-43-12-18-49(106-5)19-13-43)72(104)92-27-9-24-74(92,4)73(105)89-57(64(79)96)28-42-14-20-50(21-15-42)107-38-62(95)80-26-8-11-55(84-41(3)94)67(99)85-56(66(98)83-39)10-6-7-25-78/h12-23,32-33,35-36,39-40,48,55-61,63,81-82,93H,6-11,24-31,34,37-38,78H2,1-5H3,(H2,79,96)(H,80,95)(H,83,98)(H,84,94)(H,85,99)(H,86,97)(H,87,100)(H,88,102)(H,89,105)(H,90,101)/t39-,40-,48+,55+,56+,57+,58+,59+,60+,61+,63+,74+/m1/s1. The number of nitrogens with one attached hydrogen (secondary N) is 11. The molecule has 6 heterocycles. The average Bonchev–Trinajstić information content (AvgIpc) is 1.70. The molecule has 2 bridgehead atoms. The van der Waals surface area contributed by atoms with Crippen molar-refractivity contribution in [3.8, 4) is 11.5 Å². The van der Waals surface area contributed by atoms with Crippen molar-refractivity contribution in [1.29, 1.82) is 0 Å². The number of ether oxygens (including phenoxy) is 2. The number of halogens is 3. The van der Waals surface area contributed by atoms with E-state index in [1.165, 1.54) is 93.7 Å². The first kappa shape index (κ1) is 80.0. The Balaban J connectivity index is 1.06. The van der Waals surface area contributed by atoms with Crippen molar-refractivity contribution in [1.82, 2.24) is 67.6 Å². The van der Waals surface area contributed by atoms with Gasteiger partial charge < -0.3 is 93.7 Å². The summed E-state index contributed by atoms with van der Waals surface area (Å²) in [5.41, 5.74) is 12.4. The van der Waals surface area contributed by atoms with E-state index in [0.29, 0.717) is 40.8 Å². The Morgan fingerprint density at radius 1 is 0.720 bits per heavy atom. The van der Waals surface area contributed by atoms with E-state index < -0.39 is 187 Å². The molecular weight excluding hydrogens is 1400 g/mol. The largest absolute Gasteiger partial charge is 0.497 e. The predicted octanol–water partition coefficient (Wildman–Crippen LogP) is 0.729. The second-order valence-corrected chi connectivity index (χ2v) is 27.5. The van der Waals surface area contributed by atoms with E-state index in [1.54, 1.807) is 36.4 Å². The molecule has 4 aliphatic heterocycles. The predicted molar refractivity (Wildman–Crippen MR) is 383 cm³/mol. The van der Waals surface area contributed by atoms with E-state index in [9.17, 15) is 52.6 Å². The van der Waals surface area contributed by atoms with Crippen LogP contribution in [0.3, 0.4) is 0 Å². The van der Waals surface area contributed by atoms with Gasteiger partial charge in [0.25, 0.3) is 5.91 Å². The monoisotopic (exact) mass is 1490 g/mol. The number of aromatic nitrogens is 2. The molecule has 2 saturated heterocycles. The van der Waals surface area contributed by atoms with Crippen LogP contribution in [0, 0.1) is 11.6 Å². The fourth-order valence-corrected chi connectivity index (χ4v) is 13.5. The third-order valence-electron chi connectivity index (χ3n) is 19.5. The van der Waals surface area contributed by atoms with Crippen LogP contribution >= 0.6 is 0 Å². The lowest BCUT2D eigenvalue weighted by Crippen LogP contribution is -2.64. The molecule has 12 amide bonds. The number of hydrogen-bond donors (Lipinski definition) is 14. The molecule has 4 aliphatic rings. The number of amides is 12. The lowest BCUT2D eigenvalue weighted by molar-refractivity contribution is -0.147. The van der Waals surface area contributed by atoms with E-state index in [4.69, 9.17) is 20.9 Å². The van der Waals surface area contributed by atoms with Gasteiger partial charge in [-0.1, -0.05) is 24.3 Å². The first-order chi connectivity index (χ1) is 51.0. The zero-order valence-electron chi connectivity index (χ0n) is 60.0. The number of methoxy groups -OCH3 is 1. The molecule has 0 unspecified atom stereocenters. The summed E-state index contributed by atoms with van der Waals surface area (Å²) in [6.45, 7) is 4.08. The van der Waals surface area contributed by atoms with Crippen molar-refractivity contribution in [2.24, 2.45) is 11.5 Å². The molecule has 0 aliphatic carbocycles. The number of H-pyrrole nitrogens is 2. The number of rotatable bonds is 14. The minimum Gasteiger partial charge on any atom is -0.497 e. The molecule has 0 saturated carbocycles. The van der Waals surface area contributed by atoms with E-state index in [2.05, 4.69) is 57.8 Å². The van der Waals surface area contributed by atoms with Crippen LogP contribution in [0.5, 0.6) is 11.5 Å². The van der Waals surface area contributed by atoms with Crippen LogP contribution in [-0.4, -0.2) is 208 Å². The maximum atomic E-state index is 16.2. The van der Waals surface area contributed by atoms with Gasteiger partial charge in [-0.25, -0.2) is 13.2 Å². The molecule has 4 aromatic carbocycles. The second-order valence-electron chi connectivity index (χ2n) is 27.5. The Bertz CT molecular complexity index is 4250. The molecule has 2 fully saturated rings. The van der Waals surface area contributed by atoms with Gasteiger partial charge in [-0.2, -0.15) is 0 Å². The Kier molecular flexibility index (Phi) is 27.1. The van der Waals surface area contributed by atoms with Gasteiger partial charge in [0.05, 0.1) is 19.8 Å². The van der Waals surface area contributed by atoms with E-state index >= 15 is 23.2 Å². The molecule has 33 heteroatoms. The van der Waals surface area contributed by atoms with Crippen molar-refractivity contribution in [3.05, 3.63) is 131 Å². The molecule has 2 aromatic heterocycles. The average molecular weight is 1490 g/mol. The maximum absolute atomic E-state index is 16.2. The van der Waals surface area contributed by atoms with Gasteiger partial charge in [0.15, 0.2) is 6.61 Å². The number of nitrogens with two attached hydrogens (primary N) is 2. The number of alkyl halides is 1.